The maximum Gasteiger partial charge on any atom is 0.305 e. The molecule has 23 heavy (non-hydrogen) atoms. The third-order valence-electron chi connectivity index (χ3n) is 4.70. The molecule has 1 aliphatic rings. The van der Waals surface area contributed by atoms with E-state index in [2.05, 4.69) is 5.32 Å². The number of carboxylic acid groups (broad SMARTS) is 1. The van der Waals surface area contributed by atoms with Gasteiger partial charge in [-0.1, -0.05) is 19.9 Å². The third kappa shape index (κ3) is 3.86. The topological polar surface area (TPSA) is 66.4 Å². The van der Waals surface area contributed by atoms with E-state index in [1.807, 2.05) is 13.8 Å². The van der Waals surface area contributed by atoms with Gasteiger partial charge < -0.3 is 10.4 Å². The van der Waals surface area contributed by atoms with E-state index < -0.39 is 23.1 Å². The Morgan fingerprint density at radius 3 is 2.52 bits per heavy atom. The van der Waals surface area contributed by atoms with E-state index in [9.17, 15) is 18.4 Å². The van der Waals surface area contributed by atoms with Gasteiger partial charge in [-0.2, -0.15) is 0 Å². The van der Waals surface area contributed by atoms with Crippen LogP contribution in [0, 0.1) is 23.5 Å². The number of rotatable bonds is 6. The van der Waals surface area contributed by atoms with Crippen LogP contribution in [-0.2, 0) is 9.59 Å². The number of aliphatic carboxylic acids is 1. The third-order valence-corrected chi connectivity index (χ3v) is 4.70. The van der Waals surface area contributed by atoms with Crippen LogP contribution in [-0.4, -0.2) is 22.5 Å². The van der Waals surface area contributed by atoms with Crippen LogP contribution >= 0.6 is 0 Å². The molecular weight excluding hydrogens is 304 g/mol. The van der Waals surface area contributed by atoms with Crippen LogP contribution in [0.1, 0.15) is 45.1 Å². The van der Waals surface area contributed by atoms with Gasteiger partial charge in [0.2, 0.25) is 5.91 Å². The predicted octanol–water partition coefficient (Wildman–Crippen LogP) is 3.07. The van der Waals surface area contributed by atoms with Crippen LogP contribution < -0.4 is 5.32 Å². The van der Waals surface area contributed by atoms with Crippen molar-refractivity contribution in [3.63, 3.8) is 0 Å². The van der Waals surface area contributed by atoms with Crippen molar-refractivity contribution in [2.24, 2.45) is 11.8 Å². The van der Waals surface area contributed by atoms with Crippen molar-refractivity contribution in [2.75, 3.05) is 0 Å². The summed E-state index contributed by atoms with van der Waals surface area (Å²) in [6.07, 6.45) is 0.386. The zero-order valence-corrected chi connectivity index (χ0v) is 13.4. The average molecular weight is 325 g/mol. The highest BCUT2D eigenvalue weighted by Gasteiger charge is 2.46. The van der Waals surface area contributed by atoms with Crippen LogP contribution in [0.5, 0.6) is 0 Å². The Balaban J connectivity index is 2.04. The molecule has 0 aliphatic heterocycles. The Hall–Kier alpha value is -1.98. The Bertz CT molecular complexity index is 632. The minimum absolute atomic E-state index is 0.0528. The lowest BCUT2D eigenvalue weighted by molar-refractivity contribution is -0.139. The monoisotopic (exact) mass is 325 g/mol. The van der Waals surface area contributed by atoms with Gasteiger partial charge in [-0.25, -0.2) is 8.78 Å². The van der Waals surface area contributed by atoms with Gasteiger partial charge in [0.25, 0.3) is 0 Å². The summed E-state index contributed by atoms with van der Waals surface area (Å²) >= 11 is 0. The van der Waals surface area contributed by atoms with Crippen molar-refractivity contribution in [3.8, 4) is 0 Å². The van der Waals surface area contributed by atoms with Crippen LogP contribution in [0.25, 0.3) is 0 Å². The molecule has 2 rings (SSSR count). The standard InChI is InChI=1S/C17H21F2NO3/c1-9(2)17(3,8-15(21)22)20-16(23)12-7-11(12)10-4-5-13(18)14(19)6-10/h4-6,9,11-12H,7-8H2,1-3H3,(H,20,23)(H,21,22). The molecule has 1 saturated carbocycles. The van der Waals surface area contributed by atoms with E-state index in [0.717, 1.165) is 12.1 Å². The fourth-order valence-electron chi connectivity index (χ4n) is 2.68. The molecule has 0 radical (unpaired) electrons. The first-order valence-electron chi connectivity index (χ1n) is 7.63. The molecule has 6 heteroatoms. The average Bonchev–Trinajstić information content (AvgIpc) is 3.21. The van der Waals surface area contributed by atoms with Crippen molar-refractivity contribution in [1.29, 1.82) is 0 Å². The molecule has 0 heterocycles. The number of carboxylic acids is 1. The Morgan fingerprint density at radius 1 is 1.35 bits per heavy atom. The quantitative estimate of drug-likeness (QED) is 0.845. The smallest absolute Gasteiger partial charge is 0.305 e. The summed E-state index contributed by atoms with van der Waals surface area (Å²) in [5, 5.41) is 11.8. The lowest BCUT2D eigenvalue weighted by atomic mass is 9.85. The highest BCUT2D eigenvalue weighted by molar-refractivity contribution is 5.84. The molecule has 1 amide bonds. The second kappa shape index (κ2) is 6.26. The first-order valence-corrected chi connectivity index (χ1v) is 7.63. The molecule has 1 aliphatic carbocycles. The van der Waals surface area contributed by atoms with Crippen LogP contribution in [0.3, 0.4) is 0 Å². The highest BCUT2D eigenvalue weighted by Crippen LogP contribution is 2.48. The number of carbonyl (C=O) groups is 2. The van der Waals surface area contributed by atoms with Crippen molar-refractivity contribution in [3.05, 3.63) is 35.4 Å². The zero-order chi connectivity index (χ0) is 17.4. The van der Waals surface area contributed by atoms with Gasteiger partial charge >= 0.3 is 5.97 Å². The number of benzene rings is 1. The number of halogens is 2. The number of hydrogen-bond acceptors (Lipinski definition) is 2. The predicted molar refractivity (Wildman–Crippen MR) is 80.8 cm³/mol. The molecule has 3 atom stereocenters. The number of carbonyl (C=O) groups excluding carboxylic acids is 1. The van der Waals surface area contributed by atoms with Gasteiger partial charge in [-0.05, 0) is 42.9 Å². The Labute approximate surface area is 133 Å². The summed E-state index contributed by atoms with van der Waals surface area (Å²) < 4.78 is 26.2. The van der Waals surface area contributed by atoms with Crippen LogP contribution in [0.2, 0.25) is 0 Å². The second-order valence-electron chi connectivity index (χ2n) is 6.75. The van der Waals surface area contributed by atoms with Gasteiger partial charge in [0.05, 0.1) is 6.42 Å². The van der Waals surface area contributed by atoms with Crippen LogP contribution in [0.4, 0.5) is 8.78 Å². The Kier molecular flexibility index (Phi) is 4.73. The lowest BCUT2D eigenvalue weighted by Crippen LogP contribution is -2.51. The summed E-state index contributed by atoms with van der Waals surface area (Å²) in [5.74, 6) is -3.58. The minimum Gasteiger partial charge on any atom is -0.481 e. The number of amides is 1. The van der Waals surface area contributed by atoms with E-state index in [-0.39, 0.29) is 30.1 Å². The molecule has 3 unspecified atom stereocenters. The van der Waals surface area contributed by atoms with Crippen LogP contribution in [0.15, 0.2) is 18.2 Å². The summed E-state index contributed by atoms with van der Waals surface area (Å²) in [6.45, 7) is 5.41. The van der Waals surface area contributed by atoms with E-state index in [1.54, 1.807) is 6.92 Å². The van der Waals surface area contributed by atoms with Gasteiger partial charge in [0.1, 0.15) is 0 Å². The van der Waals surface area contributed by atoms with Gasteiger partial charge in [0.15, 0.2) is 11.6 Å². The fourth-order valence-corrected chi connectivity index (χ4v) is 2.68. The van der Waals surface area contributed by atoms with E-state index in [1.165, 1.54) is 6.07 Å². The molecule has 1 fully saturated rings. The van der Waals surface area contributed by atoms with Gasteiger partial charge in [0, 0.05) is 11.5 Å². The zero-order valence-electron chi connectivity index (χ0n) is 13.4. The van der Waals surface area contributed by atoms with E-state index in [0.29, 0.717) is 12.0 Å². The summed E-state index contributed by atoms with van der Waals surface area (Å²) in [4.78, 5) is 23.4. The molecule has 126 valence electrons. The van der Waals surface area contributed by atoms with Gasteiger partial charge in [-0.15, -0.1) is 0 Å². The molecule has 0 aromatic heterocycles. The molecule has 2 N–H and O–H groups in total. The maximum absolute atomic E-state index is 13.3. The number of nitrogens with one attached hydrogen (secondary N) is 1. The largest absolute Gasteiger partial charge is 0.481 e. The molecule has 0 spiro atoms. The first kappa shape index (κ1) is 17.4. The molecule has 0 saturated heterocycles. The van der Waals surface area contributed by atoms with E-state index >= 15 is 0 Å². The van der Waals surface area contributed by atoms with Crippen molar-refractivity contribution in [1.82, 2.24) is 5.32 Å². The normalized spacial score (nSPS) is 22.5. The first-order chi connectivity index (χ1) is 10.6. The second-order valence-corrected chi connectivity index (χ2v) is 6.75. The van der Waals surface area contributed by atoms with E-state index in [4.69, 9.17) is 5.11 Å². The SMILES string of the molecule is CC(C)C(C)(CC(=O)O)NC(=O)C1CC1c1ccc(F)c(F)c1. The van der Waals surface area contributed by atoms with Crippen molar-refractivity contribution in [2.45, 2.75) is 45.1 Å². The van der Waals surface area contributed by atoms with Gasteiger partial charge in [-0.3, -0.25) is 9.59 Å². The summed E-state index contributed by atoms with van der Waals surface area (Å²) in [7, 11) is 0. The Morgan fingerprint density at radius 2 is 2.00 bits per heavy atom. The van der Waals surface area contributed by atoms with Crippen molar-refractivity contribution >= 4 is 11.9 Å². The molecule has 0 bridgehead atoms. The molecule has 1 aromatic carbocycles. The molecule has 4 nitrogen and oxygen atoms in total. The lowest BCUT2D eigenvalue weighted by Gasteiger charge is -2.33. The molecule has 1 aromatic rings. The minimum atomic E-state index is -0.977. The summed E-state index contributed by atoms with van der Waals surface area (Å²) in [6, 6.07) is 3.65. The summed E-state index contributed by atoms with van der Waals surface area (Å²) in [5.41, 5.74) is -0.252. The molecular formula is C17H21F2NO3. The maximum atomic E-state index is 13.3. The van der Waals surface area contributed by atoms with Crippen molar-refractivity contribution < 1.29 is 23.5 Å². The number of hydrogen-bond donors (Lipinski definition) is 2. The fraction of sp³-hybridized carbons (Fsp3) is 0.529. The highest BCUT2D eigenvalue weighted by atomic mass is 19.2.